The number of nitrogens with zero attached hydrogens (tertiary/aromatic N) is 2. The van der Waals surface area contributed by atoms with Gasteiger partial charge in [0.05, 0.1) is 12.5 Å². The molecule has 162 valence electrons. The molecule has 6 rings (SSSR count). The first-order chi connectivity index (χ1) is 16.2. The van der Waals surface area contributed by atoms with Crippen LogP contribution in [0.3, 0.4) is 0 Å². The van der Waals surface area contributed by atoms with Gasteiger partial charge in [-0.2, -0.15) is 0 Å². The molecule has 6 aromatic rings. The van der Waals surface area contributed by atoms with E-state index in [-0.39, 0.29) is 0 Å². The molecular formula is C27H22N4OS. The predicted octanol–water partition coefficient (Wildman–Crippen LogP) is 7.31. The summed E-state index contributed by atoms with van der Waals surface area (Å²) in [6.07, 6.45) is 2.62. The molecule has 3 aromatic carbocycles. The number of fused-ring (bicyclic) bond motifs is 4. The van der Waals surface area contributed by atoms with E-state index in [0.29, 0.717) is 0 Å². The number of aromatic amines is 1. The van der Waals surface area contributed by atoms with Crippen molar-refractivity contribution in [3.63, 3.8) is 0 Å². The number of hydrogen-bond donors (Lipinski definition) is 2. The van der Waals surface area contributed by atoms with E-state index in [1.165, 1.54) is 21.9 Å². The van der Waals surface area contributed by atoms with Gasteiger partial charge in [-0.1, -0.05) is 43.3 Å². The zero-order valence-corrected chi connectivity index (χ0v) is 19.2. The van der Waals surface area contributed by atoms with E-state index < -0.39 is 0 Å². The van der Waals surface area contributed by atoms with Gasteiger partial charge in [-0.15, -0.1) is 11.3 Å². The van der Waals surface area contributed by atoms with E-state index in [2.05, 4.69) is 81.1 Å². The summed E-state index contributed by atoms with van der Waals surface area (Å²) in [7, 11) is 1.68. The molecule has 0 spiro atoms. The van der Waals surface area contributed by atoms with Crippen LogP contribution >= 0.6 is 11.3 Å². The minimum absolute atomic E-state index is 0.803. The van der Waals surface area contributed by atoms with Crippen molar-refractivity contribution in [2.45, 2.75) is 13.3 Å². The van der Waals surface area contributed by atoms with Crippen LogP contribution in [0.2, 0.25) is 0 Å². The quantitative estimate of drug-likeness (QED) is 0.289. The number of rotatable bonds is 5. The molecule has 0 radical (unpaired) electrons. The topological polar surface area (TPSA) is 62.8 Å². The first-order valence-electron chi connectivity index (χ1n) is 10.9. The molecule has 0 fully saturated rings. The fourth-order valence-corrected chi connectivity index (χ4v) is 5.37. The Morgan fingerprint density at radius 1 is 1.00 bits per heavy atom. The van der Waals surface area contributed by atoms with Gasteiger partial charge >= 0.3 is 0 Å². The number of hydrogen-bond acceptors (Lipinski definition) is 5. The van der Waals surface area contributed by atoms with Crippen molar-refractivity contribution in [1.82, 2.24) is 15.0 Å². The molecule has 0 saturated carbocycles. The molecule has 0 atom stereocenters. The molecule has 0 saturated heterocycles. The third-order valence-corrected chi connectivity index (χ3v) is 7.02. The number of benzene rings is 3. The molecule has 0 unspecified atom stereocenters. The van der Waals surface area contributed by atoms with Crippen LogP contribution in [0.5, 0.6) is 5.75 Å². The van der Waals surface area contributed by atoms with Crippen molar-refractivity contribution in [3.05, 3.63) is 77.9 Å². The molecule has 0 amide bonds. The van der Waals surface area contributed by atoms with E-state index in [9.17, 15) is 0 Å². The molecule has 3 heterocycles. The lowest BCUT2D eigenvalue weighted by atomic mass is 10.1. The largest absolute Gasteiger partial charge is 0.497 e. The Hall–Kier alpha value is -3.90. The van der Waals surface area contributed by atoms with E-state index in [1.807, 2.05) is 12.1 Å². The summed E-state index contributed by atoms with van der Waals surface area (Å²) in [5.74, 6) is 1.64. The van der Waals surface area contributed by atoms with Crippen LogP contribution in [0.15, 0.2) is 72.4 Å². The van der Waals surface area contributed by atoms with Crippen molar-refractivity contribution in [2.75, 3.05) is 12.4 Å². The van der Waals surface area contributed by atoms with Gasteiger partial charge in [-0.05, 0) is 41.8 Å². The normalized spacial score (nSPS) is 11.5. The van der Waals surface area contributed by atoms with Crippen LogP contribution < -0.4 is 10.1 Å². The fourth-order valence-electron chi connectivity index (χ4n) is 4.45. The maximum absolute atomic E-state index is 5.31. The summed E-state index contributed by atoms with van der Waals surface area (Å²) in [5, 5.41) is 9.20. The Bertz CT molecular complexity index is 1620. The summed E-state index contributed by atoms with van der Waals surface area (Å²) >= 11 is 1.62. The third-order valence-electron chi connectivity index (χ3n) is 6.14. The highest BCUT2D eigenvalue weighted by molar-refractivity contribution is 7.17. The number of ether oxygens (including phenoxy) is 1. The molecule has 0 aliphatic carbocycles. The smallest absolute Gasteiger partial charge is 0.143 e. The maximum Gasteiger partial charge on any atom is 0.143 e. The summed E-state index contributed by atoms with van der Waals surface area (Å²) < 4.78 is 5.31. The average Bonchev–Trinajstić information content (AvgIpc) is 3.46. The molecule has 2 N–H and O–H groups in total. The highest BCUT2D eigenvalue weighted by Crippen LogP contribution is 2.38. The Kier molecular flexibility index (Phi) is 4.73. The van der Waals surface area contributed by atoms with Gasteiger partial charge in [0.1, 0.15) is 22.7 Å². The van der Waals surface area contributed by atoms with Crippen molar-refractivity contribution < 1.29 is 4.74 Å². The van der Waals surface area contributed by atoms with E-state index in [1.54, 1.807) is 24.8 Å². The fraction of sp³-hybridized carbons (Fsp3) is 0.111. The first kappa shape index (κ1) is 19.8. The Morgan fingerprint density at radius 3 is 2.70 bits per heavy atom. The number of anilines is 2. The number of nitrogens with one attached hydrogen (secondary N) is 2. The number of methoxy groups -OCH3 is 1. The van der Waals surface area contributed by atoms with Crippen molar-refractivity contribution in [2.24, 2.45) is 0 Å². The number of aromatic nitrogens is 3. The van der Waals surface area contributed by atoms with E-state index in [4.69, 9.17) is 4.74 Å². The number of aryl methyl sites for hydroxylation is 1. The van der Waals surface area contributed by atoms with Crippen LogP contribution in [-0.4, -0.2) is 22.1 Å². The Balaban J connectivity index is 1.43. The monoisotopic (exact) mass is 450 g/mol. The SMILES string of the molecule is CCc1cccc2c1[nH]c1cc(Nc3ncnc4scc(-c5ccc(OC)cc5)c34)ccc12. The molecule has 33 heavy (non-hydrogen) atoms. The summed E-state index contributed by atoms with van der Waals surface area (Å²) in [6.45, 7) is 2.19. The maximum atomic E-state index is 5.31. The van der Waals surface area contributed by atoms with Gasteiger partial charge in [0.15, 0.2) is 0 Å². The van der Waals surface area contributed by atoms with Gasteiger partial charge < -0.3 is 15.0 Å². The summed E-state index contributed by atoms with van der Waals surface area (Å²) in [5.41, 5.74) is 6.87. The molecule has 0 bridgehead atoms. The summed E-state index contributed by atoms with van der Waals surface area (Å²) in [6, 6.07) is 21.0. The first-order valence-corrected chi connectivity index (χ1v) is 11.8. The highest BCUT2D eigenvalue weighted by atomic mass is 32.1. The van der Waals surface area contributed by atoms with Crippen LogP contribution in [0.4, 0.5) is 11.5 Å². The number of H-pyrrole nitrogens is 1. The molecule has 3 aromatic heterocycles. The molecule has 0 aliphatic heterocycles. The zero-order valence-electron chi connectivity index (χ0n) is 18.3. The molecule has 0 aliphatic rings. The van der Waals surface area contributed by atoms with E-state index in [0.717, 1.165) is 50.5 Å². The number of thiophene rings is 1. The van der Waals surface area contributed by atoms with E-state index >= 15 is 0 Å². The van der Waals surface area contributed by atoms with Crippen molar-refractivity contribution >= 4 is 54.9 Å². The Labute approximate surface area is 195 Å². The predicted molar refractivity (Wildman–Crippen MR) is 138 cm³/mol. The van der Waals surface area contributed by atoms with Crippen LogP contribution in [-0.2, 0) is 6.42 Å². The van der Waals surface area contributed by atoms with Gasteiger partial charge in [0.2, 0.25) is 0 Å². The Morgan fingerprint density at radius 2 is 1.88 bits per heavy atom. The number of para-hydroxylation sites is 1. The van der Waals surface area contributed by atoms with Gasteiger partial charge in [0.25, 0.3) is 0 Å². The minimum Gasteiger partial charge on any atom is -0.497 e. The van der Waals surface area contributed by atoms with Crippen LogP contribution in [0.1, 0.15) is 12.5 Å². The molecule has 5 nitrogen and oxygen atoms in total. The van der Waals surface area contributed by atoms with Crippen molar-refractivity contribution in [1.29, 1.82) is 0 Å². The van der Waals surface area contributed by atoms with Gasteiger partial charge in [-0.3, -0.25) is 0 Å². The van der Waals surface area contributed by atoms with Gasteiger partial charge in [0, 0.05) is 38.4 Å². The lowest BCUT2D eigenvalue weighted by molar-refractivity contribution is 0.415. The second kappa shape index (κ2) is 7.90. The minimum atomic E-state index is 0.803. The second-order valence-corrected chi connectivity index (χ2v) is 8.84. The highest BCUT2D eigenvalue weighted by Gasteiger charge is 2.14. The van der Waals surface area contributed by atoms with Crippen molar-refractivity contribution in [3.8, 4) is 16.9 Å². The standard InChI is InChI=1S/C27H22N4OS/c1-3-16-5-4-6-21-20-12-9-18(13-23(20)31-25(16)21)30-26-24-22(14-33-27(24)29-15-28-26)17-7-10-19(32-2)11-8-17/h4-15,31H,3H2,1-2H3,(H,28,29,30). The molecule has 6 heteroatoms. The summed E-state index contributed by atoms with van der Waals surface area (Å²) in [4.78, 5) is 13.7. The second-order valence-electron chi connectivity index (χ2n) is 7.98. The third kappa shape index (κ3) is 3.31. The zero-order chi connectivity index (χ0) is 22.4. The van der Waals surface area contributed by atoms with Gasteiger partial charge in [-0.25, -0.2) is 9.97 Å². The van der Waals surface area contributed by atoms with Crippen LogP contribution in [0.25, 0.3) is 43.1 Å². The lowest BCUT2D eigenvalue weighted by Gasteiger charge is -2.09. The van der Waals surface area contributed by atoms with Crippen LogP contribution in [0, 0.1) is 0 Å². The lowest BCUT2D eigenvalue weighted by Crippen LogP contribution is -1.95. The molecular weight excluding hydrogens is 428 g/mol. The average molecular weight is 451 g/mol.